The molecule has 0 radical (unpaired) electrons. The normalized spacial score (nSPS) is 16.7. The second-order valence-electron chi connectivity index (χ2n) is 7.22. The zero-order chi connectivity index (χ0) is 24.9. The Kier molecular flexibility index (Phi) is 11.4. The van der Waals surface area contributed by atoms with Gasteiger partial charge in [-0.3, -0.25) is 14.4 Å². The number of nitrogens with zero attached hydrogens (tertiary/aromatic N) is 1. The lowest BCUT2D eigenvalue weighted by atomic mass is 10.1. The molecule has 3 unspecified atom stereocenters. The number of carbonyl (C=O) groups is 3. The summed E-state index contributed by atoms with van der Waals surface area (Å²) in [6.07, 6.45) is -2.46. The number of carbonyl (C=O) groups excluding carboxylic acids is 3. The van der Waals surface area contributed by atoms with E-state index in [0.29, 0.717) is 23.0 Å². The minimum Gasteiger partial charge on any atom is -0.394 e. The highest BCUT2D eigenvalue weighted by Crippen LogP contribution is 2.38. The molecule has 1 aliphatic heterocycles. The largest absolute Gasteiger partial charge is 0.394 e. The molecule has 1 aliphatic rings. The smallest absolute Gasteiger partial charge is 0.253 e. The number of hydrogen-bond donors (Lipinski definition) is 6. The molecule has 0 saturated carbocycles. The molecule has 0 aromatic heterocycles. The van der Waals surface area contributed by atoms with E-state index in [4.69, 9.17) is 14.9 Å². The third-order valence-corrected chi connectivity index (χ3v) is 7.78. The van der Waals surface area contributed by atoms with Crippen molar-refractivity contribution in [1.29, 1.82) is 0 Å². The van der Waals surface area contributed by atoms with Gasteiger partial charge in [-0.05, 0) is 67.8 Å². The maximum atomic E-state index is 13.0. The standard InChI is InChI=1S/C19H24I3N3O8/c1-8(28)25(4-11-7-33-11)17-15(21)12(18(31)23-2-9(29)5-26)14(20)13(16(17)22)19(32)24-3-10(30)6-27/h9-11,26-27,29-30H,2-7H2,1H3,(H,23,31)(H,24,32). The minimum atomic E-state index is -1.16. The summed E-state index contributed by atoms with van der Waals surface area (Å²) in [5.41, 5.74) is 0.639. The number of ether oxygens (including phenoxy) is 1. The van der Waals surface area contributed by atoms with Crippen molar-refractivity contribution in [2.45, 2.75) is 25.2 Å². The highest BCUT2D eigenvalue weighted by atomic mass is 127. The molecule has 14 heteroatoms. The van der Waals surface area contributed by atoms with Crippen LogP contribution < -0.4 is 15.5 Å². The molecule has 1 aromatic carbocycles. The molecule has 1 saturated heterocycles. The predicted molar refractivity (Wildman–Crippen MR) is 143 cm³/mol. The number of epoxide rings is 1. The van der Waals surface area contributed by atoms with Crippen molar-refractivity contribution in [3.05, 3.63) is 21.8 Å². The zero-order valence-corrected chi connectivity index (χ0v) is 24.0. The number of nitrogens with one attached hydrogen (secondary N) is 2. The van der Waals surface area contributed by atoms with Crippen LogP contribution in [0.4, 0.5) is 5.69 Å². The van der Waals surface area contributed by atoms with Gasteiger partial charge in [0.2, 0.25) is 5.91 Å². The SMILES string of the molecule is CC(=O)N(CC1CO1)c1c(I)c(C(=O)NCC(O)CO)c(I)c(C(=O)NCC(O)CO)c1I. The van der Waals surface area contributed by atoms with Crippen LogP contribution in [-0.2, 0) is 9.53 Å². The summed E-state index contributed by atoms with van der Waals surface area (Å²) in [7, 11) is 0. The topological polar surface area (TPSA) is 172 Å². The Labute approximate surface area is 231 Å². The van der Waals surface area contributed by atoms with Gasteiger partial charge in [0.25, 0.3) is 11.8 Å². The minimum absolute atomic E-state index is 0.132. The van der Waals surface area contributed by atoms with E-state index in [1.165, 1.54) is 11.8 Å². The number of rotatable bonds is 11. The van der Waals surface area contributed by atoms with Crippen molar-refractivity contribution >= 4 is 91.2 Å². The van der Waals surface area contributed by atoms with E-state index < -0.39 is 37.2 Å². The van der Waals surface area contributed by atoms with Crippen LogP contribution in [0, 0.1) is 10.7 Å². The molecular weight excluding hydrogens is 779 g/mol. The predicted octanol–water partition coefficient (Wildman–Crippen LogP) is -0.582. The first-order chi connectivity index (χ1) is 15.5. The summed E-state index contributed by atoms with van der Waals surface area (Å²) >= 11 is 5.76. The molecule has 11 nitrogen and oxygen atoms in total. The molecule has 1 aromatic rings. The van der Waals surface area contributed by atoms with E-state index in [9.17, 15) is 24.6 Å². The molecule has 1 heterocycles. The quantitative estimate of drug-likeness (QED) is 0.128. The average molecular weight is 803 g/mol. The van der Waals surface area contributed by atoms with Gasteiger partial charge in [-0.15, -0.1) is 0 Å². The average Bonchev–Trinajstić information content (AvgIpc) is 3.58. The first kappa shape index (κ1) is 28.9. The number of benzene rings is 1. The third-order valence-electron chi connectivity index (χ3n) is 4.60. The number of aliphatic hydroxyl groups is 4. The van der Waals surface area contributed by atoms with Crippen LogP contribution in [0.5, 0.6) is 0 Å². The fourth-order valence-electron chi connectivity index (χ4n) is 2.77. The molecule has 2 rings (SSSR count). The Morgan fingerprint density at radius 2 is 1.39 bits per heavy atom. The summed E-state index contributed by atoms with van der Waals surface area (Å²) in [6.45, 7) is 0.635. The first-order valence-corrected chi connectivity index (χ1v) is 13.0. The molecule has 0 bridgehead atoms. The lowest BCUT2D eigenvalue weighted by Crippen LogP contribution is -2.39. The van der Waals surface area contributed by atoms with E-state index in [0.717, 1.165) is 0 Å². The first-order valence-electron chi connectivity index (χ1n) is 9.77. The summed E-state index contributed by atoms with van der Waals surface area (Å²) in [4.78, 5) is 40.0. The van der Waals surface area contributed by atoms with Crippen LogP contribution in [0.15, 0.2) is 0 Å². The van der Waals surface area contributed by atoms with Gasteiger partial charge in [0, 0.05) is 23.6 Å². The number of halogens is 3. The summed E-state index contributed by atoms with van der Waals surface area (Å²) < 4.78 is 6.43. The van der Waals surface area contributed by atoms with E-state index in [1.807, 2.05) is 67.8 Å². The lowest BCUT2D eigenvalue weighted by molar-refractivity contribution is -0.116. The Morgan fingerprint density at radius 1 is 0.970 bits per heavy atom. The van der Waals surface area contributed by atoms with Crippen molar-refractivity contribution in [2.75, 3.05) is 44.4 Å². The van der Waals surface area contributed by atoms with Gasteiger partial charge < -0.3 is 40.7 Å². The van der Waals surface area contributed by atoms with Gasteiger partial charge >= 0.3 is 0 Å². The van der Waals surface area contributed by atoms with Gasteiger partial charge in [-0.25, -0.2) is 0 Å². The molecule has 184 valence electrons. The van der Waals surface area contributed by atoms with Crippen LogP contribution in [0.1, 0.15) is 27.6 Å². The summed E-state index contributed by atoms with van der Waals surface area (Å²) in [6, 6.07) is 0. The molecule has 0 aliphatic carbocycles. The van der Waals surface area contributed by atoms with Crippen molar-refractivity contribution in [3.63, 3.8) is 0 Å². The Balaban J connectivity index is 2.60. The van der Waals surface area contributed by atoms with Crippen LogP contribution >= 0.6 is 67.8 Å². The fraction of sp³-hybridized carbons (Fsp3) is 0.526. The van der Waals surface area contributed by atoms with Crippen LogP contribution in [0.3, 0.4) is 0 Å². The molecule has 0 spiro atoms. The van der Waals surface area contributed by atoms with Crippen LogP contribution in [0.25, 0.3) is 0 Å². The highest BCUT2D eigenvalue weighted by molar-refractivity contribution is 14.1. The van der Waals surface area contributed by atoms with E-state index >= 15 is 0 Å². The Bertz CT molecular complexity index is 860. The molecule has 33 heavy (non-hydrogen) atoms. The van der Waals surface area contributed by atoms with Gasteiger partial charge in [-0.1, -0.05) is 0 Å². The van der Waals surface area contributed by atoms with E-state index in [2.05, 4.69) is 10.6 Å². The third kappa shape index (κ3) is 7.55. The van der Waals surface area contributed by atoms with Crippen LogP contribution in [-0.4, -0.2) is 95.9 Å². The highest BCUT2D eigenvalue weighted by Gasteiger charge is 2.34. The van der Waals surface area contributed by atoms with Gasteiger partial charge in [-0.2, -0.15) is 0 Å². The number of aliphatic hydroxyl groups excluding tert-OH is 4. The fourth-order valence-corrected chi connectivity index (χ4v) is 7.50. The lowest BCUT2D eigenvalue weighted by Gasteiger charge is -2.27. The summed E-state index contributed by atoms with van der Waals surface area (Å²) in [5, 5.41) is 42.3. The van der Waals surface area contributed by atoms with Crippen molar-refractivity contribution in [1.82, 2.24) is 10.6 Å². The number of hydrogen-bond acceptors (Lipinski definition) is 8. The van der Waals surface area contributed by atoms with Crippen molar-refractivity contribution in [2.24, 2.45) is 0 Å². The van der Waals surface area contributed by atoms with Gasteiger partial charge in [0.05, 0.1) is 68.6 Å². The maximum Gasteiger partial charge on any atom is 0.253 e. The maximum absolute atomic E-state index is 13.0. The molecular formula is C19H24I3N3O8. The van der Waals surface area contributed by atoms with Crippen molar-refractivity contribution < 1.29 is 39.5 Å². The number of amides is 3. The second-order valence-corrected chi connectivity index (χ2v) is 10.5. The van der Waals surface area contributed by atoms with Gasteiger partial charge in [0.15, 0.2) is 0 Å². The molecule has 3 amide bonds. The second kappa shape index (κ2) is 13.1. The zero-order valence-electron chi connectivity index (χ0n) is 17.5. The van der Waals surface area contributed by atoms with Gasteiger partial charge in [0.1, 0.15) is 0 Å². The summed E-state index contributed by atoms with van der Waals surface area (Å²) in [5.74, 6) is -1.49. The Hall–Kier alpha value is -0.380. The van der Waals surface area contributed by atoms with E-state index in [1.54, 1.807) is 0 Å². The van der Waals surface area contributed by atoms with Crippen molar-refractivity contribution in [3.8, 4) is 0 Å². The monoisotopic (exact) mass is 803 g/mol. The van der Waals surface area contributed by atoms with Crippen LogP contribution in [0.2, 0.25) is 0 Å². The molecule has 6 N–H and O–H groups in total. The number of anilines is 1. The molecule has 1 fully saturated rings. The van der Waals surface area contributed by atoms with E-state index in [-0.39, 0.29) is 42.8 Å². The Morgan fingerprint density at radius 3 is 1.73 bits per heavy atom. The molecule has 3 atom stereocenters.